The second-order valence-electron chi connectivity index (χ2n) is 6.47. The van der Waals surface area contributed by atoms with E-state index in [2.05, 4.69) is 0 Å². The fourth-order valence-corrected chi connectivity index (χ4v) is 3.41. The second-order valence-corrected chi connectivity index (χ2v) is 6.47. The van der Waals surface area contributed by atoms with Crippen LogP contribution in [-0.4, -0.2) is 24.0 Å². The van der Waals surface area contributed by atoms with Crippen molar-refractivity contribution in [2.24, 2.45) is 11.8 Å². The number of benzene rings is 1. The number of carbonyl (C=O) groups excluding carboxylic acids is 2. The van der Waals surface area contributed by atoms with Crippen molar-refractivity contribution in [3.8, 4) is 5.75 Å². The van der Waals surface area contributed by atoms with E-state index >= 15 is 0 Å². The van der Waals surface area contributed by atoms with E-state index in [1.54, 1.807) is 26.0 Å². The van der Waals surface area contributed by atoms with Crippen LogP contribution in [0.25, 0.3) is 0 Å². The van der Waals surface area contributed by atoms with E-state index in [9.17, 15) is 22.8 Å². The van der Waals surface area contributed by atoms with Gasteiger partial charge in [-0.15, -0.1) is 0 Å². The normalized spacial score (nSPS) is 29.7. The van der Waals surface area contributed by atoms with Gasteiger partial charge < -0.3 is 9.47 Å². The van der Waals surface area contributed by atoms with Crippen LogP contribution in [0, 0.1) is 11.8 Å². The number of allylic oxidation sites excluding steroid dienone is 2. The van der Waals surface area contributed by atoms with Crippen molar-refractivity contribution in [3.63, 3.8) is 0 Å². The summed E-state index contributed by atoms with van der Waals surface area (Å²) in [5, 5.41) is 0. The molecule has 1 saturated heterocycles. The molecule has 1 aliphatic carbocycles. The molecule has 3 atom stereocenters. The number of ether oxygens (including phenoxy) is 2. The van der Waals surface area contributed by atoms with E-state index in [0.717, 1.165) is 29.8 Å². The quantitative estimate of drug-likeness (QED) is 0.347. The van der Waals surface area contributed by atoms with Crippen LogP contribution < -0.4 is 4.74 Å². The Morgan fingerprint density at radius 3 is 2.54 bits per heavy atom. The van der Waals surface area contributed by atoms with Gasteiger partial charge in [0.2, 0.25) is 0 Å². The first-order valence-corrected chi connectivity index (χ1v) is 8.07. The van der Waals surface area contributed by atoms with Crippen LogP contribution in [0.3, 0.4) is 0 Å². The number of carbonyl (C=O) groups is 2. The Balaban J connectivity index is 1.84. The van der Waals surface area contributed by atoms with Gasteiger partial charge in [0.15, 0.2) is 5.78 Å². The summed E-state index contributed by atoms with van der Waals surface area (Å²) >= 11 is 0. The van der Waals surface area contributed by atoms with Gasteiger partial charge in [0.25, 0.3) is 0 Å². The summed E-state index contributed by atoms with van der Waals surface area (Å²) in [4.78, 5) is 25.0. The first kappa shape index (κ1) is 18.4. The predicted molar refractivity (Wildman–Crippen MR) is 86.3 cm³/mol. The highest BCUT2D eigenvalue weighted by Gasteiger charge is 2.53. The average Bonchev–Trinajstić information content (AvgIpc) is 2.91. The zero-order chi connectivity index (χ0) is 19.1. The molecule has 0 amide bonds. The minimum atomic E-state index is -4.48. The lowest BCUT2D eigenvalue weighted by Crippen LogP contribution is -2.46. The molecule has 1 heterocycles. The summed E-state index contributed by atoms with van der Waals surface area (Å²) < 4.78 is 48.8. The largest absolute Gasteiger partial charge is 0.426 e. The third-order valence-corrected chi connectivity index (χ3v) is 4.81. The molecule has 26 heavy (non-hydrogen) atoms. The topological polar surface area (TPSA) is 52.6 Å². The van der Waals surface area contributed by atoms with Gasteiger partial charge >= 0.3 is 12.1 Å². The van der Waals surface area contributed by atoms with Crippen LogP contribution in [0.1, 0.15) is 19.4 Å². The van der Waals surface area contributed by atoms with E-state index in [1.165, 1.54) is 6.08 Å². The molecule has 1 aliphatic heterocycles. The third-order valence-electron chi connectivity index (χ3n) is 4.81. The number of halogens is 3. The Bertz CT molecular complexity index is 792. The molecular weight excluding hydrogens is 349 g/mol. The van der Waals surface area contributed by atoms with Crippen LogP contribution in [-0.2, 0) is 20.5 Å². The zero-order valence-electron chi connectivity index (χ0n) is 14.2. The molecule has 0 N–H and O–H groups in total. The maximum absolute atomic E-state index is 12.6. The van der Waals surface area contributed by atoms with Crippen LogP contribution in [0.5, 0.6) is 5.75 Å². The Morgan fingerprint density at radius 1 is 1.31 bits per heavy atom. The molecule has 0 spiro atoms. The van der Waals surface area contributed by atoms with Crippen LogP contribution >= 0.6 is 0 Å². The lowest BCUT2D eigenvalue weighted by Gasteiger charge is -2.34. The molecule has 1 fully saturated rings. The lowest BCUT2D eigenvalue weighted by molar-refractivity contribution is -0.147. The summed E-state index contributed by atoms with van der Waals surface area (Å²) in [6.45, 7) is 3.89. The van der Waals surface area contributed by atoms with Crippen LogP contribution in [0.2, 0.25) is 0 Å². The summed E-state index contributed by atoms with van der Waals surface area (Å²) in [5.74, 6) is -2.85. The second kappa shape index (κ2) is 6.39. The number of ketones is 1. The van der Waals surface area contributed by atoms with E-state index in [0.29, 0.717) is 6.61 Å². The third kappa shape index (κ3) is 3.19. The van der Waals surface area contributed by atoms with Gasteiger partial charge in [0.05, 0.1) is 17.8 Å². The number of hydrogen-bond acceptors (Lipinski definition) is 4. The Labute approximate surface area is 148 Å². The first-order valence-electron chi connectivity index (χ1n) is 8.07. The molecule has 138 valence electrons. The molecule has 2 aliphatic rings. The Hall–Kier alpha value is -2.41. The maximum Gasteiger partial charge on any atom is 0.416 e. The van der Waals surface area contributed by atoms with E-state index < -0.39 is 40.9 Å². The monoisotopic (exact) mass is 366 g/mol. The van der Waals surface area contributed by atoms with Crippen LogP contribution in [0.4, 0.5) is 13.2 Å². The molecule has 0 saturated carbocycles. The number of rotatable bonds is 2. The summed E-state index contributed by atoms with van der Waals surface area (Å²) in [6, 6.07) is 3.77. The van der Waals surface area contributed by atoms with Gasteiger partial charge in [0, 0.05) is 5.92 Å². The number of fused-ring (bicyclic) bond motifs is 1. The molecule has 3 rings (SSSR count). The van der Waals surface area contributed by atoms with Crippen molar-refractivity contribution in [2.45, 2.75) is 25.6 Å². The molecule has 1 unspecified atom stereocenters. The molecule has 4 nitrogen and oxygen atoms in total. The lowest BCUT2D eigenvalue weighted by atomic mass is 9.71. The zero-order valence-corrected chi connectivity index (χ0v) is 14.2. The molecule has 0 aromatic heterocycles. The molecule has 0 radical (unpaired) electrons. The van der Waals surface area contributed by atoms with Gasteiger partial charge in [0.1, 0.15) is 11.7 Å². The highest BCUT2D eigenvalue weighted by Crippen LogP contribution is 2.45. The van der Waals surface area contributed by atoms with Crippen molar-refractivity contribution in [1.82, 2.24) is 0 Å². The van der Waals surface area contributed by atoms with E-state index in [-0.39, 0.29) is 5.75 Å². The van der Waals surface area contributed by atoms with E-state index in [4.69, 9.17) is 9.47 Å². The standard InChI is InChI=1S/C19H17F3O4/c1-3-11-10-25-18(2)9-8-14(23)15(16(11)18)17(24)26-13-6-4-12(5-7-13)19(20,21)22/h3-9,15-16H,10H2,1-2H3/b11-3+/t15-,16?,18-/m1/s1. The van der Waals surface area contributed by atoms with Crippen LogP contribution in [0.15, 0.2) is 48.1 Å². The van der Waals surface area contributed by atoms with Gasteiger partial charge in [-0.3, -0.25) is 9.59 Å². The van der Waals surface area contributed by atoms with Gasteiger partial charge in [-0.05, 0) is 55.8 Å². The summed E-state index contributed by atoms with van der Waals surface area (Å²) in [6.07, 6.45) is 0.267. The number of esters is 1. The van der Waals surface area contributed by atoms with Crippen molar-refractivity contribution >= 4 is 11.8 Å². The molecule has 1 aromatic carbocycles. The fraction of sp³-hybridized carbons (Fsp3) is 0.368. The predicted octanol–water partition coefficient (Wildman–Crippen LogP) is 3.72. The van der Waals surface area contributed by atoms with Crippen molar-refractivity contribution in [2.75, 3.05) is 6.61 Å². The first-order chi connectivity index (χ1) is 12.2. The van der Waals surface area contributed by atoms with Gasteiger partial charge in [-0.25, -0.2) is 0 Å². The smallest absolute Gasteiger partial charge is 0.416 e. The van der Waals surface area contributed by atoms with E-state index in [1.807, 2.05) is 0 Å². The SMILES string of the molecule is C/C=C1\CO[C@]2(C)C=CC(=O)[C@@H](C(=O)Oc3ccc(C(F)(F)F)cc3)C12. The molecule has 0 bridgehead atoms. The summed E-state index contributed by atoms with van der Waals surface area (Å²) in [5.41, 5.74) is -0.818. The van der Waals surface area contributed by atoms with Gasteiger partial charge in [-0.2, -0.15) is 13.2 Å². The molecule has 7 heteroatoms. The molecule has 1 aromatic rings. The number of alkyl halides is 3. The average molecular weight is 366 g/mol. The van der Waals surface area contributed by atoms with Crippen molar-refractivity contribution in [3.05, 3.63) is 53.6 Å². The maximum atomic E-state index is 12.6. The Morgan fingerprint density at radius 2 is 1.96 bits per heavy atom. The summed E-state index contributed by atoms with van der Waals surface area (Å²) in [7, 11) is 0. The minimum Gasteiger partial charge on any atom is -0.426 e. The highest BCUT2D eigenvalue weighted by atomic mass is 19.4. The Kier molecular flexibility index (Phi) is 4.52. The van der Waals surface area contributed by atoms with Crippen molar-refractivity contribution in [1.29, 1.82) is 0 Å². The number of hydrogen-bond donors (Lipinski definition) is 0. The highest BCUT2D eigenvalue weighted by molar-refractivity contribution is 6.07. The van der Waals surface area contributed by atoms with Gasteiger partial charge in [-0.1, -0.05) is 6.08 Å². The fourth-order valence-electron chi connectivity index (χ4n) is 3.41. The molecular formula is C19H17F3O4. The minimum absolute atomic E-state index is 0.0481. The van der Waals surface area contributed by atoms with Crippen molar-refractivity contribution < 1.29 is 32.2 Å².